The number of amides is 2. The molecule has 9 heteroatoms. The minimum atomic E-state index is -0.108. The second-order valence-corrected chi connectivity index (χ2v) is 8.44. The van der Waals surface area contributed by atoms with Gasteiger partial charge in [0.1, 0.15) is 0 Å². The third-order valence-corrected chi connectivity index (χ3v) is 5.83. The molecule has 0 atom stereocenters. The van der Waals surface area contributed by atoms with E-state index < -0.39 is 0 Å². The second kappa shape index (κ2) is 9.29. The number of carbonyl (C=O) groups is 2. The van der Waals surface area contributed by atoms with Gasteiger partial charge in [-0.05, 0) is 24.3 Å². The highest BCUT2D eigenvalue weighted by molar-refractivity contribution is 7.15. The largest absolute Gasteiger partial charge is 0.325 e. The number of rotatable bonds is 6. The Bertz CT molecular complexity index is 1040. The zero-order valence-electron chi connectivity index (χ0n) is 16.8. The summed E-state index contributed by atoms with van der Waals surface area (Å²) in [5.41, 5.74) is 1.70. The number of piperazine rings is 1. The molecule has 30 heavy (non-hydrogen) atoms. The molecule has 0 bridgehead atoms. The first kappa shape index (κ1) is 20.4. The van der Waals surface area contributed by atoms with Gasteiger partial charge in [-0.15, -0.1) is 11.3 Å². The molecule has 3 heterocycles. The normalized spacial score (nSPS) is 15.2. The Morgan fingerprint density at radius 1 is 1.07 bits per heavy atom. The molecule has 0 saturated carbocycles. The number of nitrogens with zero attached hydrogens (tertiary/aromatic N) is 4. The van der Waals surface area contributed by atoms with Crippen molar-refractivity contribution in [2.75, 3.05) is 43.4 Å². The first-order chi connectivity index (χ1) is 14.5. The van der Waals surface area contributed by atoms with Crippen LogP contribution >= 0.6 is 11.3 Å². The molecule has 0 aliphatic carbocycles. The summed E-state index contributed by atoms with van der Waals surface area (Å²) in [5.74, 6) is -0.114. The SMILES string of the molecule is CC(=O)Nc1ncc(CN2CCN(CC(=O)Nc3ccc4ncccc4c3)CC2)s1. The summed E-state index contributed by atoms with van der Waals surface area (Å²) < 4.78 is 0. The Morgan fingerprint density at radius 3 is 2.67 bits per heavy atom. The molecule has 4 rings (SSSR count). The maximum absolute atomic E-state index is 12.5. The van der Waals surface area contributed by atoms with E-state index in [1.807, 2.05) is 36.5 Å². The van der Waals surface area contributed by atoms with E-state index in [1.165, 1.54) is 18.3 Å². The smallest absolute Gasteiger partial charge is 0.238 e. The summed E-state index contributed by atoms with van der Waals surface area (Å²) in [6.45, 7) is 6.13. The van der Waals surface area contributed by atoms with Crippen LogP contribution in [0.3, 0.4) is 0 Å². The minimum absolute atomic E-state index is 0.00547. The molecule has 1 aliphatic heterocycles. The number of pyridine rings is 1. The average Bonchev–Trinajstić information content (AvgIpc) is 3.15. The van der Waals surface area contributed by atoms with Gasteiger partial charge in [-0.1, -0.05) is 6.07 Å². The monoisotopic (exact) mass is 424 g/mol. The first-order valence-electron chi connectivity index (χ1n) is 9.87. The summed E-state index contributed by atoms with van der Waals surface area (Å²) in [5, 5.41) is 7.35. The number of aromatic nitrogens is 2. The van der Waals surface area contributed by atoms with Crippen LogP contribution in [0.2, 0.25) is 0 Å². The van der Waals surface area contributed by atoms with E-state index in [9.17, 15) is 9.59 Å². The molecule has 2 aromatic heterocycles. The van der Waals surface area contributed by atoms with Crippen molar-refractivity contribution in [3.05, 3.63) is 47.6 Å². The number of hydrogen-bond donors (Lipinski definition) is 2. The Balaban J connectivity index is 1.23. The molecule has 3 aromatic rings. The molecule has 8 nitrogen and oxygen atoms in total. The quantitative estimate of drug-likeness (QED) is 0.632. The van der Waals surface area contributed by atoms with Crippen LogP contribution in [0.25, 0.3) is 10.9 Å². The van der Waals surface area contributed by atoms with Crippen molar-refractivity contribution in [3.63, 3.8) is 0 Å². The lowest BCUT2D eigenvalue weighted by molar-refractivity contribution is -0.117. The molecule has 1 aliphatic rings. The second-order valence-electron chi connectivity index (χ2n) is 7.32. The van der Waals surface area contributed by atoms with Crippen molar-refractivity contribution in [3.8, 4) is 0 Å². The topological polar surface area (TPSA) is 90.5 Å². The summed E-state index contributed by atoms with van der Waals surface area (Å²) in [7, 11) is 0. The van der Waals surface area contributed by atoms with Crippen LogP contribution in [0.5, 0.6) is 0 Å². The van der Waals surface area contributed by atoms with E-state index in [0.717, 1.165) is 54.2 Å². The van der Waals surface area contributed by atoms with Crippen molar-refractivity contribution in [1.82, 2.24) is 19.8 Å². The van der Waals surface area contributed by atoms with Gasteiger partial charge in [0.15, 0.2) is 5.13 Å². The van der Waals surface area contributed by atoms with Gasteiger partial charge >= 0.3 is 0 Å². The van der Waals surface area contributed by atoms with Gasteiger partial charge < -0.3 is 10.6 Å². The van der Waals surface area contributed by atoms with Gasteiger partial charge in [-0.3, -0.25) is 24.4 Å². The van der Waals surface area contributed by atoms with Crippen LogP contribution < -0.4 is 10.6 Å². The van der Waals surface area contributed by atoms with Crippen molar-refractivity contribution < 1.29 is 9.59 Å². The number of fused-ring (bicyclic) bond motifs is 1. The summed E-state index contributed by atoms with van der Waals surface area (Å²) in [6.07, 6.45) is 3.58. The third-order valence-electron chi connectivity index (χ3n) is 4.93. The molecule has 2 amide bonds. The van der Waals surface area contributed by atoms with E-state index in [1.54, 1.807) is 6.20 Å². The summed E-state index contributed by atoms with van der Waals surface area (Å²) >= 11 is 1.50. The van der Waals surface area contributed by atoms with E-state index in [2.05, 4.69) is 30.4 Å². The van der Waals surface area contributed by atoms with Gasteiger partial charge in [-0.2, -0.15) is 0 Å². The summed E-state index contributed by atoms with van der Waals surface area (Å²) in [4.78, 5) is 37.7. The molecule has 2 N–H and O–H groups in total. The third kappa shape index (κ3) is 5.38. The lowest BCUT2D eigenvalue weighted by Gasteiger charge is -2.33. The van der Waals surface area contributed by atoms with E-state index >= 15 is 0 Å². The highest BCUT2D eigenvalue weighted by atomic mass is 32.1. The molecule has 1 saturated heterocycles. The number of nitrogens with one attached hydrogen (secondary N) is 2. The van der Waals surface area contributed by atoms with Gasteiger partial charge in [0, 0.05) is 68.0 Å². The van der Waals surface area contributed by atoms with Crippen molar-refractivity contribution >= 4 is 44.9 Å². The Kier molecular flexibility index (Phi) is 6.32. The van der Waals surface area contributed by atoms with Crippen molar-refractivity contribution in [2.45, 2.75) is 13.5 Å². The van der Waals surface area contributed by atoms with Crippen molar-refractivity contribution in [2.24, 2.45) is 0 Å². The zero-order valence-corrected chi connectivity index (χ0v) is 17.6. The predicted octanol–water partition coefficient (Wildman–Crippen LogP) is 2.41. The highest BCUT2D eigenvalue weighted by Crippen LogP contribution is 2.20. The summed E-state index contributed by atoms with van der Waals surface area (Å²) in [6, 6.07) is 9.62. The van der Waals surface area contributed by atoms with Crippen LogP contribution in [0.1, 0.15) is 11.8 Å². The molecule has 156 valence electrons. The first-order valence-corrected chi connectivity index (χ1v) is 10.7. The number of anilines is 2. The fourth-order valence-corrected chi connectivity index (χ4v) is 4.37. The molecule has 0 unspecified atom stereocenters. The molecule has 1 aromatic carbocycles. The van der Waals surface area contributed by atoms with Crippen LogP contribution in [0, 0.1) is 0 Å². The maximum atomic E-state index is 12.5. The fraction of sp³-hybridized carbons (Fsp3) is 0.333. The van der Waals surface area contributed by atoms with Crippen LogP contribution in [-0.2, 0) is 16.1 Å². The van der Waals surface area contributed by atoms with Gasteiger partial charge in [0.2, 0.25) is 11.8 Å². The van der Waals surface area contributed by atoms with Gasteiger partial charge in [0.25, 0.3) is 0 Å². The molecular weight excluding hydrogens is 400 g/mol. The van der Waals surface area contributed by atoms with E-state index in [4.69, 9.17) is 0 Å². The van der Waals surface area contributed by atoms with Crippen LogP contribution in [0.4, 0.5) is 10.8 Å². The number of hydrogen-bond acceptors (Lipinski definition) is 7. The van der Waals surface area contributed by atoms with Crippen LogP contribution in [-0.4, -0.2) is 64.3 Å². The maximum Gasteiger partial charge on any atom is 0.238 e. The number of benzene rings is 1. The lowest BCUT2D eigenvalue weighted by Crippen LogP contribution is -2.48. The van der Waals surface area contributed by atoms with Crippen molar-refractivity contribution in [1.29, 1.82) is 0 Å². The molecule has 0 spiro atoms. The Morgan fingerprint density at radius 2 is 1.87 bits per heavy atom. The van der Waals surface area contributed by atoms with Gasteiger partial charge in [-0.25, -0.2) is 4.98 Å². The Hall–Kier alpha value is -2.88. The van der Waals surface area contributed by atoms with E-state index in [-0.39, 0.29) is 11.8 Å². The fourth-order valence-electron chi connectivity index (χ4n) is 3.47. The molecular formula is C21H24N6O2S. The van der Waals surface area contributed by atoms with E-state index in [0.29, 0.717) is 11.7 Å². The average molecular weight is 425 g/mol. The number of carbonyl (C=O) groups excluding carboxylic acids is 2. The predicted molar refractivity (Wildman–Crippen MR) is 119 cm³/mol. The minimum Gasteiger partial charge on any atom is -0.325 e. The molecule has 0 radical (unpaired) electrons. The highest BCUT2D eigenvalue weighted by Gasteiger charge is 2.20. The Labute approximate surface area is 178 Å². The molecule has 1 fully saturated rings. The standard InChI is InChI=1S/C21H24N6O2S/c1-15(28)24-21-23-12-18(30-21)13-26-7-9-27(10-8-26)14-20(29)25-17-4-5-19-16(11-17)3-2-6-22-19/h2-6,11-12H,7-10,13-14H2,1H3,(H,25,29)(H,23,24,28). The van der Waals surface area contributed by atoms with Gasteiger partial charge in [0.05, 0.1) is 12.1 Å². The lowest BCUT2D eigenvalue weighted by atomic mass is 10.2. The number of thiazole rings is 1. The van der Waals surface area contributed by atoms with Crippen LogP contribution in [0.15, 0.2) is 42.7 Å². The zero-order chi connectivity index (χ0) is 20.9.